The van der Waals surface area contributed by atoms with E-state index in [0.29, 0.717) is 12.1 Å². The molecule has 0 spiro atoms. The van der Waals surface area contributed by atoms with Crippen molar-refractivity contribution in [1.29, 1.82) is 5.41 Å². The van der Waals surface area contributed by atoms with Crippen molar-refractivity contribution in [1.82, 2.24) is 0 Å². The van der Waals surface area contributed by atoms with Gasteiger partial charge in [0.25, 0.3) is 10.0 Å². The van der Waals surface area contributed by atoms with Crippen molar-refractivity contribution in [3.05, 3.63) is 59.7 Å². The first-order chi connectivity index (χ1) is 9.50. The molecule has 0 amide bonds. The second-order valence-corrected chi connectivity index (χ2v) is 6.62. The minimum Gasteiger partial charge on any atom is -0.287 e. The molecule has 102 valence electrons. The van der Waals surface area contributed by atoms with Crippen LogP contribution in [0.2, 0.25) is 0 Å². The van der Waals surface area contributed by atoms with Gasteiger partial charge in [0.05, 0.1) is 10.6 Å². The van der Waals surface area contributed by atoms with Gasteiger partial charge in [0.2, 0.25) is 0 Å². The number of anilines is 1. The van der Waals surface area contributed by atoms with Crippen LogP contribution in [-0.2, 0) is 16.4 Å². The average Bonchev–Trinajstić information content (AvgIpc) is 2.75. The molecule has 0 atom stereocenters. The molecule has 0 bridgehead atoms. The number of para-hydroxylation sites is 1. The number of hydrogen-bond acceptors (Lipinski definition) is 3. The van der Waals surface area contributed by atoms with Crippen LogP contribution in [0.1, 0.15) is 11.1 Å². The van der Waals surface area contributed by atoms with Crippen molar-refractivity contribution in [2.24, 2.45) is 0 Å². The van der Waals surface area contributed by atoms with E-state index in [-0.39, 0.29) is 10.7 Å². The van der Waals surface area contributed by atoms with Gasteiger partial charge in [0.15, 0.2) is 0 Å². The molecule has 0 unspecified atom stereocenters. The first kappa shape index (κ1) is 12.9. The van der Waals surface area contributed by atoms with E-state index < -0.39 is 10.0 Å². The Bertz CT molecular complexity index is 780. The number of sulfonamides is 1. The van der Waals surface area contributed by atoms with Gasteiger partial charge in [-0.15, -0.1) is 0 Å². The van der Waals surface area contributed by atoms with E-state index in [1.165, 1.54) is 0 Å². The molecular formula is C15H14N2O2S. The molecule has 2 aromatic carbocycles. The minimum absolute atomic E-state index is 0.0896. The molecule has 1 aliphatic heterocycles. The van der Waals surface area contributed by atoms with Gasteiger partial charge in [-0.25, -0.2) is 12.7 Å². The molecule has 0 fully saturated rings. The highest BCUT2D eigenvalue weighted by atomic mass is 32.2. The number of aryl methyl sites for hydroxylation is 1. The molecule has 1 N–H and O–H groups in total. The normalized spacial score (nSPS) is 14.4. The summed E-state index contributed by atoms with van der Waals surface area (Å²) in [6, 6.07) is 13.9. The molecule has 3 rings (SSSR count). The van der Waals surface area contributed by atoms with Crippen LogP contribution >= 0.6 is 0 Å². The Morgan fingerprint density at radius 1 is 1.05 bits per heavy atom. The zero-order valence-electron chi connectivity index (χ0n) is 11.0. The van der Waals surface area contributed by atoms with E-state index in [0.717, 1.165) is 15.4 Å². The fourth-order valence-corrected chi connectivity index (χ4v) is 3.83. The third-order valence-corrected chi connectivity index (χ3v) is 5.14. The molecule has 5 heteroatoms. The Balaban J connectivity index is 2.13. The maximum Gasteiger partial charge on any atom is 0.269 e. The van der Waals surface area contributed by atoms with Gasteiger partial charge in [0.1, 0.15) is 5.84 Å². The predicted molar refractivity (Wildman–Crippen MR) is 78.7 cm³/mol. The first-order valence-corrected chi connectivity index (χ1v) is 7.71. The maximum atomic E-state index is 12.7. The fourth-order valence-electron chi connectivity index (χ4n) is 2.35. The molecule has 0 aromatic heterocycles. The Labute approximate surface area is 118 Å². The van der Waals surface area contributed by atoms with E-state index in [4.69, 9.17) is 5.41 Å². The van der Waals surface area contributed by atoms with Crippen molar-refractivity contribution >= 4 is 21.5 Å². The van der Waals surface area contributed by atoms with E-state index in [2.05, 4.69) is 0 Å². The first-order valence-electron chi connectivity index (χ1n) is 6.27. The largest absolute Gasteiger partial charge is 0.287 e. The van der Waals surface area contributed by atoms with E-state index >= 15 is 0 Å². The summed E-state index contributed by atoms with van der Waals surface area (Å²) in [5, 5.41) is 7.99. The molecule has 2 aromatic rings. The Kier molecular flexibility index (Phi) is 2.87. The zero-order valence-corrected chi connectivity index (χ0v) is 11.8. The molecule has 0 saturated heterocycles. The highest BCUT2D eigenvalue weighted by Gasteiger charge is 2.34. The summed E-state index contributed by atoms with van der Waals surface area (Å²) in [6.45, 7) is 1.91. The summed E-state index contributed by atoms with van der Waals surface area (Å²) in [7, 11) is -3.71. The SMILES string of the molecule is Cc1ccc(S(=O)(=O)N2C(=N)Cc3ccccc32)cc1. The number of benzene rings is 2. The second kappa shape index (κ2) is 4.45. The zero-order chi connectivity index (χ0) is 14.3. The van der Waals surface area contributed by atoms with Crippen LogP contribution in [0.4, 0.5) is 5.69 Å². The van der Waals surface area contributed by atoms with Crippen molar-refractivity contribution in [2.75, 3.05) is 4.31 Å². The Morgan fingerprint density at radius 2 is 1.70 bits per heavy atom. The summed E-state index contributed by atoms with van der Waals surface area (Å²) in [5.74, 6) is 0.0896. The van der Waals surface area contributed by atoms with E-state index in [1.807, 2.05) is 19.1 Å². The number of amidine groups is 1. The number of rotatable bonds is 2. The van der Waals surface area contributed by atoms with Crippen LogP contribution in [-0.4, -0.2) is 14.3 Å². The van der Waals surface area contributed by atoms with Crippen LogP contribution in [0.5, 0.6) is 0 Å². The topological polar surface area (TPSA) is 61.2 Å². The number of hydrogen-bond donors (Lipinski definition) is 1. The summed E-state index contributed by atoms with van der Waals surface area (Å²) in [6.07, 6.45) is 0.348. The standard InChI is InChI=1S/C15H14N2O2S/c1-11-6-8-13(9-7-11)20(18,19)17-14-5-3-2-4-12(14)10-15(17)16/h2-9,16H,10H2,1H3. The van der Waals surface area contributed by atoms with Crippen LogP contribution in [0, 0.1) is 12.3 Å². The lowest BCUT2D eigenvalue weighted by Gasteiger charge is -2.19. The minimum atomic E-state index is -3.71. The average molecular weight is 286 g/mol. The molecule has 4 nitrogen and oxygen atoms in total. The monoisotopic (exact) mass is 286 g/mol. The lowest BCUT2D eigenvalue weighted by Crippen LogP contribution is -2.33. The summed E-state index contributed by atoms with van der Waals surface area (Å²) >= 11 is 0. The van der Waals surface area contributed by atoms with E-state index in [9.17, 15) is 8.42 Å². The lowest BCUT2D eigenvalue weighted by atomic mass is 10.2. The van der Waals surface area contributed by atoms with Gasteiger partial charge in [0, 0.05) is 6.42 Å². The van der Waals surface area contributed by atoms with Gasteiger partial charge in [-0.2, -0.15) is 0 Å². The Morgan fingerprint density at radius 3 is 2.40 bits per heavy atom. The van der Waals surface area contributed by atoms with Crippen molar-refractivity contribution in [2.45, 2.75) is 18.2 Å². The van der Waals surface area contributed by atoms with Crippen LogP contribution < -0.4 is 4.31 Å². The van der Waals surface area contributed by atoms with Crippen molar-refractivity contribution in [3.8, 4) is 0 Å². The summed E-state index contributed by atoms with van der Waals surface area (Å²) in [4.78, 5) is 0.213. The molecule has 0 radical (unpaired) electrons. The van der Waals surface area contributed by atoms with Gasteiger partial charge in [-0.1, -0.05) is 35.9 Å². The van der Waals surface area contributed by atoms with Gasteiger partial charge < -0.3 is 0 Å². The summed E-state index contributed by atoms with van der Waals surface area (Å²) < 4.78 is 26.5. The molecule has 0 saturated carbocycles. The van der Waals surface area contributed by atoms with Crippen molar-refractivity contribution in [3.63, 3.8) is 0 Å². The highest BCUT2D eigenvalue weighted by molar-refractivity contribution is 7.93. The van der Waals surface area contributed by atoms with Crippen molar-refractivity contribution < 1.29 is 8.42 Å². The summed E-state index contributed by atoms with van der Waals surface area (Å²) in [5.41, 5.74) is 2.45. The van der Waals surface area contributed by atoms with Gasteiger partial charge >= 0.3 is 0 Å². The molecule has 20 heavy (non-hydrogen) atoms. The van der Waals surface area contributed by atoms with Gasteiger partial charge in [-0.3, -0.25) is 5.41 Å². The Hall–Kier alpha value is -2.14. The van der Waals surface area contributed by atoms with E-state index in [1.54, 1.807) is 36.4 Å². The highest BCUT2D eigenvalue weighted by Crippen LogP contribution is 2.33. The van der Waals surface area contributed by atoms with Gasteiger partial charge in [-0.05, 0) is 30.7 Å². The van der Waals surface area contributed by atoms with Crippen LogP contribution in [0.15, 0.2) is 53.4 Å². The molecule has 1 aliphatic rings. The third-order valence-electron chi connectivity index (χ3n) is 3.37. The number of fused-ring (bicyclic) bond motifs is 1. The maximum absolute atomic E-state index is 12.7. The smallest absolute Gasteiger partial charge is 0.269 e. The number of nitrogens with one attached hydrogen (secondary N) is 1. The molecule has 1 heterocycles. The quantitative estimate of drug-likeness (QED) is 0.922. The second-order valence-electron chi connectivity index (χ2n) is 4.83. The number of nitrogens with zero attached hydrogens (tertiary/aromatic N) is 1. The molecule has 0 aliphatic carbocycles. The predicted octanol–water partition coefficient (Wildman–Crippen LogP) is 2.72. The fraction of sp³-hybridized carbons (Fsp3) is 0.133. The third kappa shape index (κ3) is 1.91. The van der Waals surface area contributed by atoms with Crippen LogP contribution in [0.3, 0.4) is 0 Å². The lowest BCUT2D eigenvalue weighted by molar-refractivity contribution is 0.597. The molecular weight excluding hydrogens is 272 g/mol. The van der Waals surface area contributed by atoms with Crippen LogP contribution in [0.25, 0.3) is 0 Å².